The highest BCUT2D eigenvalue weighted by molar-refractivity contribution is 7.14. The van der Waals surface area contributed by atoms with Crippen LogP contribution in [0.15, 0.2) is 67.0 Å². The van der Waals surface area contributed by atoms with Gasteiger partial charge in [0.1, 0.15) is 32.9 Å². The number of ether oxygens (including phenoxy) is 4. The van der Waals surface area contributed by atoms with E-state index in [4.69, 9.17) is 42.1 Å². The number of pyridine rings is 1. The minimum Gasteiger partial charge on any atom is -0.508 e. The number of anilines is 1. The van der Waals surface area contributed by atoms with Gasteiger partial charge in [0, 0.05) is 34.2 Å². The van der Waals surface area contributed by atoms with Crippen molar-refractivity contribution in [1.82, 2.24) is 4.90 Å². The fourth-order valence-corrected chi connectivity index (χ4v) is 8.23. The average Bonchev–Trinajstić information content (AvgIpc) is 3.85. The molecule has 8 rings (SSSR count). The Balaban J connectivity index is 1.13. The summed E-state index contributed by atoms with van der Waals surface area (Å²) < 4.78 is 50.0. The summed E-state index contributed by atoms with van der Waals surface area (Å²) in [6.45, 7) is -0.0636. The van der Waals surface area contributed by atoms with Gasteiger partial charge in [-0.3, -0.25) is 15.0 Å². The predicted octanol–water partition coefficient (Wildman–Crippen LogP) is 8.05. The van der Waals surface area contributed by atoms with Crippen LogP contribution in [0.2, 0.25) is 10.0 Å². The molecule has 1 amide bonds. The summed E-state index contributed by atoms with van der Waals surface area (Å²) in [5.74, 6) is -0.217. The second kappa shape index (κ2) is 16.6. The Labute approximate surface area is 324 Å². The van der Waals surface area contributed by atoms with Gasteiger partial charge in [0.05, 0.1) is 18.8 Å². The lowest BCUT2D eigenvalue weighted by Gasteiger charge is -2.44. The molecule has 286 valence electrons. The van der Waals surface area contributed by atoms with Crippen LogP contribution in [-0.2, 0) is 22.4 Å². The fraction of sp³-hybridized carbons (Fsp3) is 0.395. The molecule has 4 fully saturated rings. The van der Waals surface area contributed by atoms with E-state index in [1.807, 2.05) is 0 Å². The molecule has 1 saturated carbocycles. The molecular formula is C38H38Cl2F2N3O8S+. The van der Waals surface area contributed by atoms with Crippen molar-refractivity contribution in [1.29, 1.82) is 0 Å². The van der Waals surface area contributed by atoms with Crippen LogP contribution >= 0.6 is 34.5 Å². The zero-order valence-corrected chi connectivity index (χ0v) is 31.2. The first-order valence-electron chi connectivity index (χ1n) is 17.6. The third kappa shape index (κ3) is 9.28. The Morgan fingerprint density at radius 1 is 1.00 bits per heavy atom. The maximum Gasteiger partial charge on any atom is 0.414 e. The van der Waals surface area contributed by atoms with Gasteiger partial charge in [-0.25, -0.2) is 9.59 Å². The van der Waals surface area contributed by atoms with E-state index in [9.17, 15) is 28.7 Å². The van der Waals surface area contributed by atoms with E-state index in [1.165, 1.54) is 47.6 Å². The maximum atomic E-state index is 13.8. The summed E-state index contributed by atoms with van der Waals surface area (Å²) in [4.78, 5) is 32.1. The number of nitrogens with zero attached hydrogens (tertiary/aromatic N) is 3. The number of carbonyl (C=O) groups excluding carboxylic acids is 2. The summed E-state index contributed by atoms with van der Waals surface area (Å²) >= 11 is 14.0. The first kappa shape index (κ1) is 37.9. The molecule has 2 N–H and O–H groups in total. The number of amides is 1. The molecule has 0 spiro atoms. The van der Waals surface area contributed by atoms with Gasteiger partial charge >= 0.3 is 18.7 Å². The second-order valence-electron chi connectivity index (χ2n) is 13.7. The van der Waals surface area contributed by atoms with Crippen LogP contribution < -0.4 is 19.1 Å². The topological polar surface area (TPSA) is 122 Å². The van der Waals surface area contributed by atoms with Gasteiger partial charge in [-0.1, -0.05) is 35.3 Å². The van der Waals surface area contributed by atoms with E-state index < -0.39 is 24.8 Å². The molecule has 1 aliphatic carbocycles. The highest BCUT2D eigenvalue weighted by Crippen LogP contribution is 2.39. The third-order valence-corrected chi connectivity index (χ3v) is 11.5. The molecule has 0 radical (unpaired) electrons. The molecule has 3 aliphatic heterocycles. The molecule has 4 aromatic rings. The zero-order valence-electron chi connectivity index (χ0n) is 28.9. The number of esters is 1. The molecule has 11 nitrogen and oxygen atoms in total. The molecule has 2 aromatic heterocycles. The van der Waals surface area contributed by atoms with Crippen molar-refractivity contribution in [3.8, 4) is 17.2 Å². The Bertz CT molecular complexity index is 1970. The minimum atomic E-state index is -3.08. The predicted molar refractivity (Wildman–Crippen MR) is 195 cm³/mol. The molecule has 16 heteroatoms. The average molecular weight is 806 g/mol. The molecule has 2 aromatic carbocycles. The maximum absolute atomic E-state index is 13.8. The van der Waals surface area contributed by atoms with Crippen LogP contribution in [0.1, 0.15) is 57.5 Å². The summed E-state index contributed by atoms with van der Waals surface area (Å²) in [6.07, 6.45) is 4.45. The fourth-order valence-electron chi connectivity index (χ4n) is 6.75. The lowest BCUT2D eigenvalue weighted by molar-refractivity contribution is -0.904. The van der Waals surface area contributed by atoms with E-state index in [0.717, 1.165) is 50.1 Å². The van der Waals surface area contributed by atoms with Gasteiger partial charge in [0.25, 0.3) is 0 Å². The van der Waals surface area contributed by atoms with Gasteiger partial charge in [0.2, 0.25) is 12.4 Å². The SMILES string of the molecule is O=C(O[C@@H](Cc1c(Cl)c[n+](O)cc1Cl)c1ccc(OC(F)F)c(OCC2CC2)c1)c1ccc(CN(C(=O)O[C@H]2CN3CCC2CC3)c2cccc(O)c2)s1. The number of rotatable bonds is 14. The van der Waals surface area contributed by atoms with Crippen molar-refractivity contribution in [3.05, 3.63) is 97.9 Å². The first-order chi connectivity index (χ1) is 26.0. The molecule has 2 atom stereocenters. The number of aromatic hydroxyl groups is 1. The van der Waals surface area contributed by atoms with Gasteiger partial charge in [-0.05, 0) is 92.6 Å². The highest BCUT2D eigenvalue weighted by atomic mass is 35.5. The van der Waals surface area contributed by atoms with Crippen LogP contribution in [0.3, 0.4) is 0 Å². The van der Waals surface area contributed by atoms with Gasteiger partial charge in [-0.15, -0.1) is 11.3 Å². The third-order valence-electron chi connectivity index (χ3n) is 9.82. The van der Waals surface area contributed by atoms with Crippen LogP contribution in [0.4, 0.5) is 19.3 Å². The number of alkyl halides is 2. The highest BCUT2D eigenvalue weighted by Gasteiger charge is 2.38. The molecular weight excluding hydrogens is 767 g/mol. The largest absolute Gasteiger partial charge is 0.508 e. The smallest absolute Gasteiger partial charge is 0.414 e. The van der Waals surface area contributed by atoms with Crippen molar-refractivity contribution in [3.63, 3.8) is 0 Å². The number of phenolic OH excluding ortho intramolecular Hbond substituents is 1. The number of hydrogen-bond acceptors (Lipinski definition) is 10. The van der Waals surface area contributed by atoms with E-state index in [1.54, 1.807) is 24.3 Å². The number of piperidine rings is 3. The number of halogens is 4. The molecule has 3 saturated heterocycles. The van der Waals surface area contributed by atoms with Crippen molar-refractivity contribution < 1.29 is 52.4 Å². The standard InChI is InChI=1S/C38H37Cl2F2N3O8S/c39-29-18-44(49)19-30(40)28(29)16-32(24-6-8-31(52-37(41)42)33(14-24)50-21-22-4-5-22)51-36(47)35-9-7-27(54-35)17-45(25-2-1-3-26(46)15-25)38(48)53-34-20-43-12-10-23(34)11-13-43/h1-3,6-9,14-15,18-19,22-23,32,34,37H,4-5,10-13,16-17,20-21H2,(H-,46,49)/p+1/t32-,34-/m0/s1. The Morgan fingerprint density at radius 2 is 1.76 bits per heavy atom. The van der Waals surface area contributed by atoms with Crippen molar-refractivity contribution >= 4 is 52.3 Å². The van der Waals surface area contributed by atoms with Gasteiger partial charge < -0.3 is 24.1 Å². The number of aromatic nitrogens is 1. The minimum absolute atomic E-state index is 0.0167. The summed E-state index contributed by atoms with van der Waals surface area (Å²) in [5, 5.41) is 20.4. The first-order valence-corrected chi connectivity index (χ1v) is 19.2. The van der Waals surface area contributed by atoms with E-state index >= 15 is 0 Å². The summed E-state index contributed by atoms with van der Waals surface area (Å²) in [5.41, 5.74) is 1.19. The zero-order chi connectivity index (χ0) is 37.9. The van der Waals surface area contributed by atoms with Crippen LogP contribution in [-0.4, -0.2) is 66.2 Å². The molecule has 4 aliphatic rings. The number of thiophene rings is 1. The van der Waals surface area contributed by atoms with Crippen molar-refractivity contribution in [2.75, 3.05) is 31.1 Å². The Kier molecular flexibility index (Phi) is 11.6. The van der Waals surface area contributed by atoms with Crippen molar-refractivity contribution in [2.24, 2.45) is 11.8 Å². The molecule has 2 bridgehead atoms. The summed E-state index contributed by atoms with van der Waals surface area (Å²) in [7, 11) is 0. The van der Waals surface area contributed by atoms with Crippen LogP contribution in [0.5, 0.6) is 17.2 Å². The van der Waals surface area contributed by atoms with Crippen LogP contribution in [0, 0.1) is 11.8 Å². The number of benzene rings is 2. The number of carbonyl (C=O) groups is 2. The van der Waals surface area contributed by atoms with Gasteiger partial charge in [0.15, 0.2) is 11.5 Å². The Morgan fingerprint density at radius 3 is 2.43 bits per heavy atom. The Hall–Kier alpha value is -4.37. The van der Waals surface area contributed by atoms with E-state index in [0.29, 0.717) is 51.4 Å². The lowest BCUT2D eigenvalue weighted by Crippen LogP contribution is -2.53. The normalized spacial score (nSPS) is 19.7. The molecule has 0 unspecified atom stereocenters. The summed E-state index contributed by atoms with van der Waals surface area (Å²) in [6, 6.07) is 13.9. The molecule has 54 heavy (non-hydrogen) atoms. The van der Waals surface area contributed by atoms with E-state index in [2.05, 4.69) is 4.90 Å². The quantitative estimate of drug-likeness (QED) is 0.0741. The van der Waals surface area contributed by atoms with Gasteiger partial charge in [-0.2, -0.15) is 8.78 Å². The number of fused-ring (bicyclic) bond motifs is 3. The van der Waals surface area contributed by atoms with Crippen molar-refractivity contribution in [2.45, 2.75) is 57.5 Å². The number of phenols is 1. The van der Waals surface area contributed by atoms with Crippen LogP contribution in [0.25, 0.3) is 0 Å². The lowest BCUT2D eigenvalue weighted by atomic mass is 9.86. The monoisotopic (exact) mass is 804 g/mol. The second-order valence-corrected chi connectivity index (χ2v) is 15.7. The number of hydrogen-bond donors (Lipinski definition) is 2. The molecule has 5 heterocycles. The van der Waals surface area contributed by atoms with E-state index in [-0.39, 0.29) is 51.2 Å².